The van der Waals surface area contributed by atoms with Crippen molar-refractivity contribution < 1.29 is 8.78 Å². The molecule has 0 heterocycles. The predicted molar refractivity (Wildman–Crippen MR) is 68.1 cm³/mol. The quantitative estimate of drug-likeness (QED) is 0.877. The molecule has 0 saturated carbocycles. The summed E-state index contributed by atoms with van der Waals surface area (Å²) in [6.07, 6.45) is 0. The van der Waals surface area contributed by atoms with E-state index >= 15 is 0 Å². The summed E-state index contributed by atoms with van der Waals surface area (Å²) in [5.74, 6) is -0.502. The molecule has 2 aromatic carbocycles. The normalized spacial score (nSPS) is 14.2. The number of hydrogen-bond acceptors (Lipinski definition) is 1. The van der Waals surface area contributed by atoms with E-state index in [9.17, 15) is 8.78 Å². The topological polar surface area (TPSA) is 26.0 Å². The van der Waals surface area contributed by atoms with Gasteiger partial charge < -0.3 is 5.73 Å². The third kappa shape index (κ3) is 2.74. The first-order valence-electron chi connectivity index (χ1n) is 5.84. The fraction of sp³-hybridized carbons (Fsp3) is 0.200. The molecule has 0 aliphatic carbocycles. The van der Waals surface area contributed by atoms with Crippen LogP contribution in [-0.4, -0.2) is 0 Å². The molecule has 3 heteroatoms. The SMILES string of the molecule is CC(c1ccc(F)cc1)C(N)c1ccc(F)cc1. The molecule has 0 aliphatic rings. The van der Waals surface area contributed by atoms with Crippen LogP contribution in [0.15, 0.2) is 48.5 Å². The Bertz CT molecular complexity index is 456. The van der Waals surface area contributed by atoms with E-state index in [0.29, 0.717) is 0 Å². The van der Waals surface area contributed by atoms with Gasteiger partial charge in [-0.15, -0.1) is 0 Å². The molecule has 0 fully saturated rings. The molecule has 0 spiro atoms. The van der Waals surface area contributed by atoms with Crippen LogP contribution in [0.3, 0.4) is 0 Å². The highest BCUT2D eigenvalue weighted by atomic mass is 19.1. The van der Waals surface area contributed by atoms with Crippen molar-refractivity contribution in [2.24, 2.45) is 5.73 Å². The van der Waals surface area contributed by atoms with E-state index in [-0.39, 0.29) is 23.6 Å². The Morgan fingerprint density at radius 2 is 1.17 bits per heavy atom. The first-order chi connectivity index (χ1) is 8.58. The van der Waals surface area contributed by atoms with Crippen LogP contribution >= 0.6 is 0 Å². The van der Waals surface area contributed by atoms with Crippen molar-refractivity contribution in [1.29, 1.82) is 0 Å². The molecule has 2 rings (SSSR count). The van der Waals surface area contributed by atoms with E-state index in [2.05, 4.69) is 0 Å². The highest BCUT2D eigenvalue weighted by Gasteiger charge is 2.16. The Balaban J connectivity index is 2.20. The van der Waals surface area contributed by atoms with Crippen molar-refractivity contribution in [1.82, 2.24) is 0 Å². The van der Waals surface area contributed by atoms with Crippen molar-refractivity contribution in [2.75, 3.05) is 0 Å². The molecule has 18 heavy (non-hydrogen) atoms. The maximum absolute atomic E-state index is 12.8. The van der Waals surface area contributed by atoms with Gasteiger partial charge in [-0.1, -0.05) is 31.2 Å². The van der Waals surface area contributed by atoms with Crippen LogP contribution in [0.5, 0.6) is 0 Å². The molecular weight excluding hydrogens is 232 g/mol. The van der Waals surface area contributed by atoms with E-state index in [1.807, 2.05) is 6.92 Å². The lowest BCUT2D eigenvalue weighted by Gasteiger charge is -2.20. The molecule has 2 N–H and O–H groups in total. The summed E-state index contributed by atoms with van der Waals surface area (Å²) in [6, 6.07) is 12.2. The zero-order valence-corrected chi connectivity index (χ0v) is 10.1. The molecule has 0 radical (unpaired) electrons. The van der Waals surface area contributed by atoms with Crippen molar-refractivity contribution in [3.63, 3.8) is 0 Å². The molecule has 0 amide bonds. The molecule has 0 bridgehead atoms. The second kappa shape index (κ2) is 5.27. The standard InChI is InChI=1S/C15H15F2N/c1-10(11-2-6-13(16)7-3-11)15(18)12-4-8-14(17)9-5-12/h2-10,15H,18H2,1H3. The average molecular weight is 247 g/mol. The van der Waals surface area contributed by atoms with Crippen LogP contribution < -0.4 is 5.73 Å². The summed E-state index contributed by atoms with van der Waals surface area (Å²) in [6.45, 7) is 1.97. The number of nitrogens with two attached hydrogens (primary N) is 1. The van der Waals surface area contributed by atoms with Gasteiger partial charge in [-0.05, 0) is 35.4 Å². The van der Waals surface area contributed by atoms with E-state index in [4.69, 9.17) is 5.73 Å². The Hall–Kier alpha value is -1.74. The smallest absolute Gasteiger partial charge is 0.123 e. The van der Waals surface area contributed by atoms with Crippen molar-refractivity contribution >= 4 is 0 Å². The molecule has 94 valence electrons. The first-order valence-corrected chi connectivity index (χ1v) is 5.84. The summed E-state index contributed by atoms with van der Waals surface area (Å²) in [5.41, 5.74) is 7.98. The molecule has 2 atom stereocenters. The van der Waals surface area contributed by atoms with Gasteiger partial charge in [-0.3, -0.25) is 0 Å². The van der Waals surface area contributed by atoms with Crippen LogP contribution in [0, 0.1) is 11.6 Å². The largest absolute Gasteiger partial charge is 0.323 e. The second-order valence-electron chi connectivity index (χ2n) is 4.42. The number of hydrogen-bond donors (Lipinski definition) is 1. The monoisotopic (exact) mass is 247 g/mol. The zero-order valence-electron chi connectivity index (χ0n) is 10.1. The minimum absolute atomic E-state index is 0.0380. The molecule has 2 unspecified atom stereocenters. The van der Waals surface area contributed by atoms with Gasteiger partial charge in [0.1, 0.15) is 11.6 Å². The number of rotatable bonds is 3. The number of halogens is 2. The van der Waals surface area contributed by atoms with E-state index in [1.54, 1.807) is 24.3 Å². The summed E-state index contributed by atoms with van der Waals surface area (Å²) in [5, 5.41) is 0. The second-order valence-corrected chi connectivity index (χ2v) is 4.42. The van der Waals surface area contributed by atoms with Crippen molar-refractivity contribution in [2.45, 2.75) is 18.9 Å². The molecule has 1 nitrogen and oxygen atoms in total. The zero-order chi connectivity index (χ0) is 13.1. The lowest BCUT2D eigenvalue weighted by atomic mass is 9.89. The van der Waals surface area contributed by atoms with Gasteiger partial charge in [-0.25, -0.2) is 8.78 Å². The van der Waals surface area contributed by atoms with Gasteiger partial charge in [0.2, 0.25) is 0 Å². The van der Waals surface area contributed by atoms with E-state index in [1.165, 1.54) is 24.3 Å². The fourth-order valence-electron chi connectivity index (χ4n) is 1.95. The molecule has 0 aliphatic heterocycles. The van der Waals surface area contributed by atoms with Crippen LogP contribution in [0.4, 0.5) is 8.78 Å². The van der Waals surface area contributed by atoms with Crippen LogP contribution in [0.1, 0.15) is 30.0 Å². The lowest BCUT2D eigenvalue weighted by Crippen LogP contribution is -2.17. The summed E-state index contributed by atoms with van der Waals surface area (Å²) < 4.78 is 25.7. The predicted octanol–water partition coefficient (Wildman–Crippen LogP) is 3.77. The summed E-state index contributed by atoms with van der Waals surface area (Å²) in [4.78, 5) is 0. The average Bonchev–Trinajstić information content (AvgIpc) is 2.39. The summed E-state index contributed by atoms with van der Waals surface area (Å²) in [7, 11) is 0. The maximum atomic E-state index is 12.8. The molecule has 0 saturated heterocycles. The lowest BCUT2D eigenvalue weighted by molar-refractivity contribution is 0.586. The third-order valence-corrected chi connectivity index (χ3v) is 3.19. The maximum Gasteiger partial charge on any atom is 0.123 e. The number of benzene rings is 2. The van der Waals surface area contributed by atoms with Gasteiger partial charge >= 0.3 is 0 Å². The van der Waals surface area contributed by atoms with E-state index < -0.39 is 0 Å². The first kappa shape index (κ1) is 12.7. The molecule has 0 aromatic heterocycles. The minimum atomic E-state index is -0.277. The van der Waals surface area contributed by atoms with Gasteiger partial charge in [0, 0.05) is 12.0 Å². The van der Waals surface area contributed by atoms with Crippen LogP contribution in [0.2, 0.25) is 0 Å². The van der Waals surface area contributed by atoms with Gasteiger partial charge in [-0.2, -0.15) is 0 Å². The van der Waals surface area contributed by atoms with E-state index in [0.717, 1.165) is 11.1 Å². The van der Waals surface area contributed by atoms with Crippen molar-refractivity contribution in [3.05, 3.63) is 71.3 Å². The summed E-state index contributed by atoms with van der Waals surface area (Å²) >= 11 is 0. The Labute approximate surface area is 105 Å². The highest BCUT2D eigenvalue weighted by Crippen LogP contribution is 2.28. The Morgan fingerprint density at radius 3 is 1.61 bits per heavy atom. The highest BCUT2D eigenvalue weighted by molar-refractivity contribution is 5.27. The fourth-order valence-corrected chi connectivity index (χ4v) is 1.95. The molecular formula is C15H15F2N. The Kier molecular flexibility index (Phi) is 3.72. The van der Waals surface area contributed by atoms with Gasteiger partial charge in [0.15, 0.2) is 0 Å². The Morgan fingerprint density at radius 1 is 0.778 bits per heavy atom. The van der Waals surface area contributed by atoms with Crippen LogP contribution in [0.25, 0.3) is 0 Å². The van der Waals surface area contributed by atoms with Crippen LogP contribution in [-0.2, 0) is 0 Å². The molecule has 2 aromatic rings. The van der Waals surface area contributed by atoms with Crippen molar-refractivity contribution in [3.8, 4) is 0 Å². The van der Waals surface area contributed by atoms with Gasteiger partial charge in [0.05, 0.1) is 0 Å². The van der Waals surface area contributed by atoms with Gasteiger partial charge in [0.25, 0.3) is 0 Å². The minimum Gasteiger partial charge on any atom is -0.323 e. The third-order valence-electron chi connectivity index (χ3n) is 3.19.